The van der Waals surface area contributed by atoms with Gasteiger partial charge in [-0.05, 0) is 13.3 Å². The zero-order chi connectivity index (χ0) is 12.4. The number of aliphatic imine (C=N–C) groups is 1. The fourth-order valence-corrected chi connectivity index (χ4v) is 1.43. The van der Waals surface area contributed by atoms with Crippen LogP contribution in [0.1, 0.15) is 26.7 Å². The van der Waals surface area contributed by atoms with Gasteiger partial charge < -0.3 is 10.1 Å². The molecule has 0 heterocycles. The number of aldehydes is 1. The molecule has 5 heteroatoms. The minimum absolute atomic E-state index is 0.00580. The van der Waals surface area contributed by atoms with Gasteiger partial charge in [-0.15, -0.1) is 0 Å². The molecule has 0 spiro atoms. The number of carbonyl (C=O) groups excluding carboxylic acids is 2. The van der Waals surface area contributed by atoms with Crippen LogP contribution in [0, 0.1) is 5.92 Å². The van der Waals surface area contributed by atoms with Crippen molar-refractivity contribution in [3.05, 3.63) is 0 Å². The first-order valence-corrected chi connectivity index (χ1v) is 6.09. The van der Waals surface area contributed by atoms with E-state index in [0.29, 0.717) is 12.3 Å². The van der Waals surface area contributed by atoms with Crippen molar-refractivity contribution >= 4 is 31.0 Å². The largest absolute Gasteiger partial charge is 0.366 e. The summed E-state index contributed by atoms with van der Waals surface area (Å²) >= 11 is 4.00. The number of hydrogen-bond donors (Lipinski definition) is 2. The molecule has 92 valence electrons. The van der Waals surface area contributed by atoms with Crippen molar-refractivity contribution in [1.82, 2.24) is 5.32 Å². The number of nitrogens with zero attached hydrogens (tertiary/aromatic N) is 1. The van der Waals surface area contributed by atoms with E-state index in [2.05, 4.69) is 22.9 Å². The van der Waals surface area contributed by atoms with Crippen LogP contribution in [0.4, 0.5) is 0 Å². The number of hydrogen-bond acceptors (Lipinski definition) is 4. The smallest absolute Gasteiger partial charge is 0.143 e. The van der Waals surface area contributed by atoms with E-state index in [0.717, 1.165) is 19.1 Å². The summed E-state index contributed by atoms with van der Waals surface area (Å²) in [6.45, 7) is 4.11. The Morgan fingerprint density at radius 2 is 2.25 bits per heavy atom. The molecule has 0 aliphatic carbocycles. The lowest BCUT2D eigenvalue weighted by Crippen LogP contribution is -2.31. The Labute approximate surface area is 102 Å². The molecular weight excluding hydrogens is 224 g/mol. The second-order valence-electron chi connectivity index (χ2n) is 3.68. The average molecular weight is 244 g/mol. The number of nitrogens with one attached hydrogen (secondary N) is 1. The van der Waals surface area contributed by atoms with Crippen molar-refractivity contribution in [2.24, 2.45) is 10.9 Å². The van der Waals surface area contributed by atoms with Gasteiger partial charge in [-0.25, -0.2) is 0 Å². The highest BCUT2D eigenvalue weighted by Gasteiger charge is 2.11. The van der Waals surface area contributed by atoms with Crippen LogP contribution in [0.15, 0.2) is 4.99 Å². The summed E-state index contributed by atoms with van der Waals surface area (Å²) in [5.41, 5.74) is 0. The van der Waals surface area contributed by atoms with Crippen molar-refractivity contribution in [1.29, 1.82) is 0 Å². The predicted molar refractivity (Wildman–Crippen MR) is 69.3 cm³/mol. The van der Waals surface area contributed by atoms with E-state index in [1.807, 2.05) is 6.92 Å². The molecule has 0 bridgehead atoms. The molecular formula is C11H20N2O2S. The van der Waals surface area contributed by atoms with Crippen LogP contribution >= 0.6 is 12.6 Å². The van der Waals surface area contributed by atoms with Crippen LogP contribution in [0.3, 0.4) is 0 Å². The summed E-state index contributed by atoms with van der Waals surface area (Å²) < 4.78 is 0. The SMILES string of the molecule is CCCC(CN=CNC(C=O)CS)C(C)=O. The maximum atomic E-state index is 11.2. The first-order chi connectivity index (χ1) is 7.65. The maximum absolute atomic E-state index is 11.2. The topological polar surface area (TPSA) is 58.5 Å². The third-order valence-electron chi connectivity index (χ3n) is 2.28. The highest BCUT2D eigenvalue weighted by Crippen LogP contribution is 2.07. The van der Waals surface area contributed by atoms with Crippen molar-refractivity contribution in [2.75, 3.05) is 12.3 Å². The molecule has 4 nitrogen and oxygen atoms in total. The number of carbonyl (C=O) groups is 2. The third kappa shape index (κ3) is 6.61. The Morgan fingerprint density at radius 1 is 1.56 bits per heavy atom. The first kappa shape index (κ1) is 15.2. The summed E-state index contributed by atoms with van der Waals surface area (Å²) in [7, 11) is 0. The van der Waals surface area contributed by atoms with Crippen molar-refractivity contribution in [2.45, 2.75) is 32.7 Å². The number of Topliss-reactive ketones (excluding diaryl/α,β-unsaturated/α-hetero) is 1. The number of thiol groups is 1. The van der Waals surface area contributed by atoms with Crippen LogP contribution < -0.4 is 5.32 Å². The molecule has 2 atom stereocenters. The first-order valence-electron chi connectivity index (χ1n) is 5.46. The van der Waals surface area contributed by atoms with Gasteiger partial charge in [-0.2, -0.15) is 12.6 Å². The van der Waals surface area contributed by atoms with E-state index < -0.39 is 0 Å². The number of ketones is 1. The van der Waals surface area contributed by atoms with E-state index in [1.165, 1.54) is 6.34 Å². The van der Waals surface area contributed by atoms with Gasteiger partial charge in [-0.3, -0.25) is 9.79 Å². The van der Waals surface area contributed by atoms with Crippen molar-refractivity contribution in [3.63, 3.8) is 0 Å². The highest BCUT2D eigenvalue weighted by atomic mass is 32.1. The fourth-order valence-electron chi connectivity index (χ4n) is 1.23. The minimum Gasteiger partial charge on any atom is -0.366 e. The molecule has 0 fully saturated rings. The molecule has 2 unspecified atom stereocenters. The van der Waals surface area contributed by atoms with Crippen molar-refractivity contribution in [3.8, 4) is 0 Å². The summed E-state index contributed by atoms with van der Waals surface area (Å²) in [6, 6.07) is -0.311. The van der Waals surface area contributed by atoms with E-state index >= 15 is 0 Å². The van der Waals surface area contributed by atoms with E-state index in [9.17, 15) is 9.59 Å². The normalized spacial score (nSPS) is 14.7. The summed E-state index contributed by atoms with van der Waals surface area (Å²) in [6.07, 6.45) is 4.10. The maximum Gasteiger partial charge on any atom is 0.143 e. The molecule has 0 radical (unpaired) electrons. The quantitative estimate of drug-likeness (QED) is 0.276. The van der Waals surface area contributed by atoms with E-state index in [-0.39, 0.29) is 17.7 Å². The Kier molecular flexibility index (Phi) is 8.90. The van der Waals surface area contributed by atoms with Gasteiger partial charge in [0.2, 0.25) is 0 Å². The standard InChI is InChI=1S/C11H20N2O2S/c1-3-4-10(9(2)15)5-12-8-13-11(6-14)7-16/h6,8,10-11,16H,3-5,7H2,1-2H3,(H,12,13). The summed E-state index contributed by atoms with van der Waals surface area (Å²) in [5.74, 6) is 0.592. The molecule has 0 aliphatic heterocycles. The van der Waals surface area contributed by atoms with Gasteiger partial charge in [0.1, 0.15) is 12.1 Å². The predicted octanol–water partition coefficient (Wildman–Crippen LogP) is 1.11. The molecule has 0 aromatic heterocycles. The molecule has 16 heavy (non-hydrogen) atoms. The highest BCUT2D eigenvalue weighted by molar-refractivity contribution is 7.80. The van der Waals surface area contributed by atoms with E-state index in [1.54, 1.807) is 6.92 Å². The van der Waals surface area contributed by atoms with Crippen LogP contribution in [0.25, 0.3) is 0 Å². The molecule has 0 saturated heterocycles. The lowest BCUT2D eigenvalue weighted by Gasteiger charge is -2.09. The average Bonchev–Trinajstić information content (AvgIpc) is 2.27. The lowest BCUT2D eigenvalue weighted by atomic mass is 10.0. The van der Waals surface area contributed by atoms with Gasteiger partial charge in [0, 0.05) is 11.7 Å². The zero-order valence-corrected chi connectivity index (χ0v) is 10.7. The second kappa shape index (κ2) is 9.39. The van der Waals surface area contributed by atoms with Gasteiger partial charge in [0.15, 0.2) is 0 Å². The van der Waals surface area contributed by atoms with Crippen LogP contribution in [0.5, 0.6) is 0 Å². The van der Waals surface area contributed by atoms with Gasteiger partial charge in [-0.1, -0.05) is 13.3 Å². The number of rotatable bonds is 9. The Balaban J connectivity index is 3.95. The zero-order valence-electron chi connectivity index (χ0n) is 9.85. The Hall–Kier alpha value is -0.840. The van der Waals surface area contributed by atoms with Crippen LogP contribution in [-0.2, 0) is 9.59 Å². The molecule has 0 aromatic rings. The second-order valence-corrected chi connectivity index (χ2v) is 4.05. The third-order valence-corrected chi connectivity index (χ3v) is 2.67. The summed E-state index contributed by atoms with van der Waals surface area (Å²) in [4.78, 5) is 25.8. The Bertz CT molecular complexity index is 244. The van der Waals surface area contributed by atoms with Gasteiger partial charge in [0.25, 0.3) is 0 Å². The van der Waals surface area contributed by atoms with E-state index in [4.69, 9.17) is 0 Å². The van der Waals surface area contributed by atoms with Crippen molar-refractivity contribution < 1.29 is 9.59 Å². The molecule has 1 N–H and O–H groups in total. The van der Waals surface area contributed by atoms with Crippen LogP contribution in [0.2, 0.25) is 0 Å². The van der Waals surface area contributed by atoms with Gasteiger partial charge in [0.05, 0.1) is 18.9 Å². The molecule has 0 saturated carbocycles. The monoisotopic (exact) mass is 244 g/mol. The molecule has 0 amide bonds. The lowest BCUT2D eigenvalue weighted by molar-refractivity contribution is -0.120. The van der Waals surface area contributed by atoms with Crippen LogP contribution in [-0.4, -0.2) is 36.7 Å². The molecule has 0 aromatic carbocycles. The summed E-state index contributed by atoms with van der Waals surface area (Å²) in [5, 5.41) is 2.81. The molecule has 0 rings (SSSR count). The molecule has 0 aliphatic rings. The fraction of sp³-hybridized carbons (Fsp3) is 0.727. The minimum atomic E-state index is -0.311. The Morgan fingerprint density at radius 3 is 2.69 bits per heavy atom. The van der Waals surface area contributed by atoms with Gasteiger partial charge >= 0.3 is 0 Å².